The van der Waals surface area contributed by atoms with Crippen molar-refractivity contribution in [1.29, 1.82) is 0 Å². The predicted octanol–water partition coefficient (Wildman–Crippen LogP) is 4.01. The number of allylic oxidation sites excluding steroid dienone is 1. The Morgan fingerprint density at radius 1 is 1.00 bits per heavy atom. The number of hydrogen-bond donors (Lipinski definition) is 1. The van der Waals surface area contributed by atoms with E-state index in [0.29, 0.717) is 30.4 Å². The molecule has 0 aromatic heterocycles. The van der Waals surface area contributed by atoms with E-state index in [1.807, 2.05) is 42.5 Å². The van der Waals surface area contributed by atoms with Crippen LogP contribution in [0.25, 0.3) is 0 Å². The van der Waals surface area contributed by atoms with Gasteiger partial charge in [0.15, 0.2) is 0 Å². The maximum atomic E-state index is 13.2. The van der Waals surface area contributed by atoms with Crippen LogP contribution < -0.4 is 0 Å². The van der Waals surface area contributed by atoms with Crippen molar-refractivity contribution < 1.29 is 19.5 Å². The van der Waals surface area contributed by atoms with Gasteiger partial charge < -0.3 is 5.11 Å². The summed E-state index contributed by atoms with van der Waals surface area (Å²) >= 11 is 0. The van der Waals surface area contributed by atoms with E-state index in [1.54, 1.807) is 24.3 Å². The number of hydrogen-bond acceptors (Lipinski definition) is 3. The van der Waals surface area contributed by atoms with Crippen molar-refractivity contribution >= 4 is 17.8 Å². The summed E-state index contributed by atoms with van der Waals surface area (Å²) in [6.07, 6.45) is 5.86. The standard InChI is InChI=1S/C23H21NO4/c25-20(26)11-10-16-12-14-23(15-13-16,17-6-2-1-3-7-17)24-21(27)18-8-4-5-9-19(18)22(24)28/h1-9,12,14,16H,10-11,13,15H2,(H,25,26). The van der Waals surface area contributed by atoms with Gasteiger partial charge in [0.25, 0.3) is 11.8 Å². The highest BCUT2D eigenvalue weighted by Gasteiger charge is 2.49. The minimum Gasteiger partial charge on any atom is -0.481 e. The molecule has 0 saturated carbocycles. The fourth-order valence-corrected chi connectivity index (χ4v) is 4.26. The number of imide groups is 1. The lowest BCUT2D eigenvalue weighted by molar-refractivity contribution is -0.137. The van der Waals surface area contributed by atoms with Gasteiger partial charge in [0, 0.05) is 6.42 Å². The summed E-state index contributed by atoms with van der Waals surface area (Å²) in [4.78, 5) is 38.6. The first kappa shape index (κ1) is 18.2. The summed E-state index contributed by atoms with van der Waals surface area (Å²) in [5.41, 5.74) is 0.902. The molecule has 0 spiro atoms. The van der Waals surface area contributed by atoms with E-state index < -0.39 is 11.5 Å². The van der Waals surface area contributed by atoms with Gasteiger partial charge in [-0.3, -0.25) is 19.3 Å². The van der Waals surface area contributed by atoms with Crippen LogP contribution in [-0.4, -0.2) is 27.8 Å². The van der Waals surface area contributed by atoms with Gasteiger partial charge in [0.05, 0.1) is 16.7 Å². The Kier molecular flexibility index (Phi) is 4.59. The molecule has 0 bridgehead atoms. The predicted molar refractivity (Wildman–Crippen MR) is 104 cm³/mol. The van der Waals surface area contributed by atoms with Crippen molar-refractivity contribution in [3.05, 3.63) is 83.4 Å². The molecule has 1 heterocycles. The Bertz CT molecular complexity index is 931. The lowest BCUT2D eigenvalue weighted by Gasteiger charge is -2.42. The first-order valence-electron chi connectivity index (χ1n) is 9.47. The molecule has 0 fully saturated rings. The molecule has 2 amide bonds. The Labute approximate surface area is 163 Å². The third kappa shape index (κ3) is 2.93. The Balaban J connectivity index is 1.75. The van der Waals surface area contributed by atoms with Gasteiger partial charge in [-0.15, -0.1) is 0 Å². The molecule has 1 aliphatic heterocycles. The molecular formula is C23H21NO4. The number of amides is 2. The smallest absolute Gasteiger partial charge is 0.303 e. The summed E-state index contributed by atoms with van der Waals surface area (Å²) in [6, 6.07) is 16.5. The average Bonchev–Trinajstić information content (AvgIpc) is 2.99. The number of carboxylic acids is 1. The summed E-state index contributed by atoms with van der Waals surface area (Å²) in [5, 5.41) is 8.95. The van der Waals surface area contributed by atoms with Gasteiger partial charge in [-0.25, -0.2) is 0 Å². The van der Waals surface area contributed by atoms with Crippen molar-refractivity contribution in [2.45, 2.75) is 31.2 Å². The summed E-state index contributed by atoms with van der Waals surface area (Å²) in [6.45, 7) is 0. The Morgan fingerprint density at radius 3 is 2.14 bits per heavy atom. The monoisotopic (exact) mass is 375 g/mol. The van der Waals surface area contributed by atoms with E-state index in [4.69, 9.17) is 5.11 Å². The molecule has 5 nitrogen and oxygen atoms in total. The second-order valence-electron chi connectivity index (χ2n) is 7.37. The zero-order valence-corrected chi connectivity index (χ0v) is 15.4. The van der Waals surface area contributed by atoms with Crippen LogP contribution in [0.5, 0.6) is 0 Å². The van der Waals surface area contributed by atoms with E-state index in [2.05, 4.69) is 0 Å². The second-order valence-corrected chi connectivity index (χ2v) is 7.37. The lowest BCUT2D eigenvalue weighted by atomic mass is 9.75. The lowest BCUT2D eigenvalue weighted by Crippen LogP contribution is -2.49. The number of carbonyl (C=O) groups is 3. The number of carbonyl (C=O) groups excluding carboxylic acids is 2. The summed E-state index contributed by atoms with van der Waals surface area (Å²) < 4.78 is 0. The van der Waals surface area contributed by atoms with Crippen LogP contribution in [0.3, 0.4) is 0 Å². The minimum absolute atomic E-state index is 0.111. The van der Waals surface area contributed by atoms with Gasteiger partial charge >= 0.3 is 5.97 Å². The third-order valence-electron chi connectivity index (χ3n) is 5.74. The fraction of sp³-hybridized carbons (Fsp3) is 0.261. The number of rotatable bonds is 5. The van der Waals surface area contributed by atoms with E-state index in [9.17, 15) is 14.4 Å². The highest BCUT2D eigenvalue weighted by atomic mass is 16.4. The van der Waals surface area contributed by atoms with Crippen LogP contribution in [0, 0.1) is 5.92 Å². The molecule has 0 radical (unpaired) electrons. The third-order valence-corrected chi connectivity index (χ3v) is 5.74. The molecule has 1 aliphatic carbocycles. The normalized spacial score (nSPS) is 23.7. The fourth-order valence-electron chi connectivity index (χ4n) is 4.26. The molecule has 4 rings (SSSR count). The van der Waals surface area contributed by atoms with Crippen molar-refractivity contribution in [3.63, 3.8) is 0 Å². The second kappa shape index (κ2) is 7.08. The minimum atomic E-state index is -0.853. The van der Waals surface area contributed by atoms with E-state index >= 15 is 0 Å². The van der Waals surface area contributed by atoms with Gasteiger partial charge in [0.2, 0.25) is 0 Å². The first-order valence-corrected chi connectivity index (χ1v) is 9.47. The molecule has 142 valence electrons. The highest BCUT2D eigenvalue weighted by Crippen LogP contribution is 2.44. The molecular weight excluding hydrogens is 354 g/mol. The van der Waals surface area contributed by atoms with E-state index in [-0.39, 0.29) is 24.2 Å². The number of nitrogens with zero attached hydrogens (tertiary/aromatic N) is 1. The highest BCUT2D eigenvalue weighted by molar-refractivity contribution is 6.22. The molecule has 5 heteroatoms. The number of aliphatic carboxylic acids is 1. The molecule has 28 heavy (non-hydrogen) atoms. The molecule has 2 unspecified atom stereocenters. The molecule has 0 saturated heterocycles. The summed E-state index contributed by atoms with van der Waals surface area (Å²) in [5.74, 6) is -1.24. The van der Waals surface area contributed by atoms with Gasteiger partial charge in [-0.1, -0.05) is 54.6 Å². The maximum absolute atomic E-state index is 13.2. The van der Waals surface area contributed by atoms with Crippen LogP contribution in [-0.2, 0) is 10.3 Å². The van der Waals surface area contributed by atoms with Crippen LogP contribution in [0.15, 0.2) is 66.7 Å². The Morgan fingerprint density at radius 2 is 1.61 bits per heavy atom. The van der Waals surface area contributed by atoms with Crippen molar-refractivity contribution in [2.75, 3.05) is 0 Å². The number of fused-ring (bicyclic) bond motifs is 1. The molecule has 1 N–H and O–H groups in total. The zero-order chi connectivity index (χ0) is 19.7. The number of carboxylic acid groups (broad SMARTS) is 1. The van der Waals surface area contributed by atoms with Gasteiger partial charge in [0.1, 0.15) is 0 Å². The molecule has 2 aromatic carbocycles. The zero-order valence-electron chi connectivity index (χ0n) is 15.4. The average molecular weight is 375 g/mol. The van der Waals surface area contributed by atoms with Crippen molar-refractivity contribution in [1.82, 2.24) is 4.90 Å². The maximum Gasteiger partial charge on any atom is 0.303 e. The quantitative estimate of drug-likeness (QED) is 0.633. The number of benzene rings is 2. The van der Waals surface area contributed by atoms with Crippen LogP contribution >= 0.6 is 0 Å². The SMILES string of the molecule is O=C(O)CCC1C=CC(c2ccccc2)(N2C(=O)c3ccccc3C2=O)CC1. The van der Waals surface area contributed by atoms with Gasteiger partial charge in [-0.2, -0.15) is 0 Å². The molecule has 2 aliphatic rings. The van der Waals surface area contributed by atoms with Crippen LogP contribution in [0.4, 0.5) is 0 Å². The van der Waals surface area contributed by atoms with E-state index in [1.165, 1.54) is 4.90 Å². The van der Waals surface area contributed by atoms with Crippen molar-refractivity contribution in [2.24, 2.45) is 5.92 Å². The Hall–Kier alpha value is -3.21. The van der Waals surface area contributed by atoms with Crippen LogP contribution in [0.2, 0.25) is 0 Å². The topological polar surface area (TPSA) is 74.7 Å². The molecule has 2 atom stereocenters. The first-order chi connectivity index (χ1) is 13.5. The largest absolute Gasteiger partial charge is 0.481 e. The molecule has 2 aromatic rings. The van der Waals surface area contributed by atoms with E-state index in [0.717, 1.165) is 5.56 Å². The summed E-state index contributed by atoms with van der Waals surface area (Å²) in [7, 11) is 0. The van der Waals surface area contributed by atoms with Crippen LogP contribution in [0.1, 0.15) is 52.0 Å². The van der Waals surface area contributed by atoms with Gasteiger partial charge in [-0.05, 0) is 42.9 Å². The van der Waals surface area contributed by atoms with Crippen molar-refractivity contribution in [3.8, 4) is 0 Å².